The summed E-state index contributed by atoms with van der Waals surface area (Å²) in [5, 5.41) is 3.54. The van der Waals surface area contributed by atoms with E-state index in [0.29, 0.717) is 0 Å². The summed E-state index contributed by atoms with van der Waals surface area (Å²) in [6, 6.07) is 0. The van der Waals surface area contributed by atoms with Gasteiger partial charge < -0.3 is 5.32 Å². The third kappa shape index (κ3) is 4.15. The van der Waals surface area contributed by atoms with Crippen molar-refractivity contribution >= 4 is 5.84 Å². The molecule has 0 aromatic rings. The molecule has 0 aromatic carbocycles. The topological polar surface area (TPSA) is 24.4 Å². The van der Waals surface area contributed by atoms with Crippen LogP contribution >= 0.6 is 0 Å². The zero-order valence-corrected chi connectivity index (χ0v) is 10.5. The van der Waals surface area contributed by atoms with Gasteiger partial charge in [-0.1, -0.05) is 32.1 Å². The molecule has 2 heteroatoms. The fourth-order valence-corrected chi connectivity index (χ4v) is 2.94. The lowest BCUT2D eigenvalue weighted by Gasteiger charge is -2.11. The maximum Gasteiger partial charge on any atom is 0.0963 e. The summed E-state index contributed by atoms with van der Waals surface area (Å²) in [5.41, 5.74) is 0. The summed E-state index contributed by atoms with van der Waals surface area (Å²) in [6.45, 7) is 2.19. The molecule has 1 fully saturated rings. The predicted octanol–water partition coefficient (Wildman–Crippen LogP) is 3.52. The van der Waals surface area contributed by atoms with Crippen LogP contribution in [-0.2, 0) is 0 Å². The van der Waals surface area contributed by atoms with E-state index in [1.165, 1.54) is 70.0 Å². The van der Waals surface area contributed by atoms with Gasteiger partial charge in [0.2, 0.25) is 0 Å². The largest absolute Gasteiger partial charge is 0.374 e. The Hall–Kier alpha value is -0.530. The fourth-order valence-electron chi connectivity index (χ4n) is 2.94. The number of rotatable bonds is 4. The molecule has 0 radical (unpaired) electrons. The van der Waals surface area contributed by atoms with Crippen molar-refractivity contribution in [1.29, 1.82) is 0 Å². The van der Waals surface area contributed by atoms with E-state index in [2.05, 4.69) is 10.3 Å². The second-order valence-corrected chi connectivity index (χ2v) is 5.36. The number of nitrogens with one attached hydrogen (secondary N) is 1. The highest BCUT2D eigenvalue weighted by atomic mass is 15.0. The summed E-state index contributed by atoms with van der Waals surface area (Å²) in [7, 11) is 0. The molecule has 0 unspecified atom stereocenters. The van der Waals surface area contributed by atoms with Crippen LogP contribution < -0.4 is 5.32 Å². The number of hydrogen-bond acceptors (Lipinski definition) is 2. The molecule has 1 aliphatic heterocycles. The van der Waals surface area contributed by atoms with E-state index in [4.69, 9.17) is 0 Å². The minimum absolute atomic E-state index is 1.04. The van der Waals surface area contributed by atoms with Crippen LogP contribution in [0.5, 0.6) is 0 Å². The Kier molecular flexibility index (Phi) is 5.17. The molecule has 1 heterocycles. The second kappa shape index (κ2) is 6.93. The highest BCUT2D eigenvalue weighted by Crippen LogP contribution is 2.28. The van der Waals surface area contributed by atoms with Gasteiger partial charge in [-0.25, -0.2) is 0 Å². The van der Waals surface area contributed by atoms with Crippen LogP contribution in [0.15, 0.2) is 4.99 Å². The zero-order valence-electron chi connectivity index (χ0n) is 10.5. The number of hydrogen-bond donors (Lipinski definition) is 1. The molecule has 0 atom stereocenters. The Morgan fingerprint density at radius 1 is 1.06 bits per heavy atom. The van der Waals surface area contributed by atoms with E-state index in [0.717, 1.165) is 19.0 Å². The molecule has 1 saturated carbocycles. The Bertz CT molecular complexity index is 217. The van der Waals surface area contributed by atoms with Gasteiger partial charge in [-0.15, -0.1) is 0 Å². The number of amidine groups is 1. The van der Waals surface area contributed by atoms with Crippen LogP contribution in [0.4, 0.5) is 0 Å². The van der Waals surface area contributed by atoms with Crippen molar-refractivity contribution < 1.29 is 0 Å². The van der Waals surface area contributed by atoms with Gasteiger partial charge in [-0.3, -0.25) is 4.99 Å². The van der Waals surface area contributed by atoms with Crippen molar-refractivity contribution in [3.8, 4) is 0 Å². The molecule has 1 aliphatic carbocycles. The zero-order chi connectivity index (χ0) is 11.1. The summed E-state index contributed by atoms with van der Waals surface area (Å²) < 4.78 is 0. The third-order valence-electron chi connectivity index (χ3n) is 3.97. The van der Waals surface area contributed by atoms with E-state index < -0.39 is 0 Å². The van der Waals surface area contributed by atoms with E-state index in [1.807, 2.05) is 0 Å². The van der Waals surface area contributed by atoms with Gasteiger partial charge in [0.05, 0.1) is 5.84 Å². The molecule has 1 N–H and O–H groups in total. The highest BCUT2D eigenvalue weighted by Gasteiger charge is 2.14. The molecule has 2 rings (SSSR count). The van der Waals surface area contributed by atoms with Crippen LogP contribution in [0, 0.1) is 5.92 Å². The first-order chi connectivity index (χ1) is 7.95. The van der Waals surface area contributed by atoms with E-state index in [-0.39, 0.29) is 0 Å². The van der Waals surface area contributed by atoms with Crippen molar-refractivity contribution in [2.75, 3.05) is 13.1 Å². The van der Waals surface area contributed by atoms with Gasteiger partial charge in [0.25, 0.3) is 0 Å². The summed E-state index contributed by atoms with van der Waals surface area (Å²) in [4.78, 5) is 4.60. The van der Waals surface area contributed by atoms with Crippen LogP contribution in [0.1, 0.15) is 64.2 Å². The third-order valence-corrected chi connectivity index (χ3v) is 3.97. The van der Waals surface area contributed by atoms with Crippen LogP contribution in [-0.4, -0.2) is 18.9 Å². The molecule has 92 valence electrons. The van der Waals surface area contributed by atoms with Gasteiger partial charge in [-0.2, -0.15) is 0 Å². The first kappa shape index (κ1) is 11.9. The SMILES string of the molecule is C1CCN=C(NCCCC2CCCC2)CC1. The monoisotopic (exact) mass is 222 g/mol. The molecular weight excluding hydrogens is 196 g/mol. The van der Waals surface area contributed by atoms with Gasteiger partial charge in [0.15, 0.2) is 0 Å². The van der Waals surface area contributed by atoms with Crippen molar-refractivity contribution in [1.82, 2.24) is 5.32 Å². The van der Waals surface area contributed by atoms with Crippen molar-refractivity contribution in [2.24, 2.45) is 10.9 Å². The molecular formula is C14H26N2. The standard InChI is InChI=1S/C14H26N2/c1-2-10-14(15-11-5-1)16-12-6-9-13-7-3-4-8-13/h13H,1-12H2,(H,15,16). The maximum absolute atomic E-state index is 4.60. The van der Waals surface area contributed by atoms with Crippen molar-refractivity contribution in [2.45, 2.75) is 64.2 Å². The predicted molar refractivity (Wildman–Crippen MR) is 70.0 cm³/mol. The van der Waals surface area contributed by atoms with Crippen molar-refractivity contribution in [3.63, 3.8) is 0 Å². The summed E-state index contributed by atoms with van der Waals surface area (Å²) >= 11 is 0. The minimum Gasteiger partial charge on any atom is -0.374 e. The maximum atomic E-state index is 4.60. The molecule has 16 heavy (non-hydrogen) atoms. The van der Waals surface area contributed by atoms with Gasteiger partial charge in [0.1, 0.15) is 0 Å². The minimum atomic E-state index is 1.04. The summed E-state index contributed by atoms with van der Waals surface area (Å²) in [6.07, 6.45) is 13.9. The Balaban J connectivity index is 1.54. The Morgan fingerprint density at radius 2 is 1.94 bits per heavy atom. The van der Waals surface area contributed by atoms with Crippen LogP contribution in [0.2, 0.25) is 0 Å². The van der Waals surface area contributed by atoms with Crippen molar-refractivity contribution in [3.05, 3.63) is 0 Å². The molecule has 2 aliphatic rings. The second-order valence-electron chi connectivity index (χ2n) is 5.36. The molecule has 0 bridgehead atoms. The molecule has 0 aromatic heterocycles. The normalized spacial score (nSPS) is 22.9. The lowest BCUT2D eigenvalue weighted by molar-refractivity contribution is 0.482. The summed E-state index contributed by atoms with van der Waals surface area (Å²) in [5.74, 6) is 2.32. The smallest absolute Gasteiger partial charge is 0.0963 e. The molecule has 0 saturated heterocycles. The number of aliphatic imine (C=N–C) groups is 1. The van der Waals surface area contributed by atoms with E-state index in [1.54, 1.807) is 0 Å². The fraction of sp³-hybridized carbons (Fsp3) is 0.929. The van der Waals surface area contributed by atoms with E-state index in [9.17, 15) is 0 Å². The van der Waals surface area contributed by atoms with Gasteiger partial charge >= 0.3 is 0 Å². The number of nitrogens with zero attached hydrogens (tertiary/aromatic N) is 1. The Morgan fingerprint density at radius 3 is 2.81 bits per heavy atom. The lowest BCUT2D eigenvalue weighted by Crippen LogP contribution is -2.24. The van der Waals surface area contributed by atoms with Gasteiger partial charge in [-0.05, 0) is 31.6 Å². The highest BCUT2D eigenvalue weighted by molar-refractivity contribution is 5.82. The molecule has 0 spiro atoms. The first-order valence-electron chi connectivity index (χ1n) is 7.22. The van der Waals surface area contributed by atoms with Gasteiger partial charge in [0, 0.05) is 19.5 Å². The average molecular weight is 222 g/mol. The lowest BCUT2D eigenvalue weighted by atomic mass is 10.0. The van der Waals surface area contributed by atoms with Crippen LogP contribution in [0.25, 0.3) is 0 Å². The quantitative estimate of drug-likeness (QED) is 0.723. The van der Waals surface area contributed by atoms with E-state index >= 15 is 0 Å². The van der Waals surface area contributed by atoms with Crippen LogP contribution in [0.3, 0.4) is 0 Å². The average Bonchev–Trinajstić information content (AvgIpc) is 2.68. The molecule has 2 nitrogen and oxygen atoms in total. The molecule has 0 amide bonds. The Labute approximate surface area is 99.9 Å². The first-order valence-corrected chi connectivity index (χ1v) is 7.22.